The van der Waals surface area contributed by atoms with Crippen LogP contribution in [-0.4, -0.2) is 31.2 Å². The maximum Gasteiger partial charge on any atom is 0.190 e. The molecule has 0 bridgehead atoms. The molecule has 0 atom stereocenters. The summed E-state index contributed by atoms with van der Waals surface area (Å²) in [5, 5.41) is 16.7. The summed E-state index contributed by atoms with van der Waals surface area (Å²) >= 11 is 5.99. The number of aromatic hydroxyl groups is 1. The standard InChI is InChI=1S/C19H24ClN3O.HI/c1-21-19(23-13-11-16-4-2-6-17(20)14-16)22-12-3-5-15-7-9-18(24)10-8-15;/h2,4,6-10,14,24H,3,5,11-13H2,1H3,(H2,21,22,23);1H. The van der Waals surface area contributed by atoms with Crippen LogP contribution in [0, 0.1) is 0 Å². The summed E-state index contributed by atoms with van der Waals surface area (Å²) in [5.41, 5.74) is 2.43. The number of phenols is 1. The van der Waals surface area contributed by atoms with E-state index >= 15 is 0 Å². The van der Waals surface area contributed by atoms with E-state index in [2.05, 4.69) is 21.7 Å². The zero-order valence-corrected chi connectivity index (χ0v) is 17.4. The molecule has 3 N–H and O–H groups in total. The maximum absolute atomic E-state index is 9.27. The van der Waals surface area contributed by atoms with Gasteiger partial charge in [0.1, 0.15) is 5.75 Å². The number of nitrogens with one attached hydrogen (secondary N) is 2. The number of rotatable bonds is 7. The summed E-state index contributed by atoms with van der Waals surface area (Å²) in [6.45, 7) is 1.65. The van der Waals surface area contributed by atoms with Gasteiger partial charge in [0, 0.05) is 25.2 Å². The highest BCUT2D eigenvalue weighted by molar-refractivity contribution is 14.0. The number of aryl methyl sites for hydroxylation is 1. The van der Waals surface area contributed by atoms with E-state index in [4.69, 9.17) is 11.6 Å². The smallest absolute Gasteiger partial charge is 0.190 e. The molecule has 0 aromatic heterocycles. The molecule has 0 aliphatic rings. The van der Waals surface area contributed by atoms with E-state index in [1.807, 2.05) is 30.3 Å². The molecule has 2 rings (SSSR count). The van der Waals surface area contributed by atoms with Gasteiger partial charge in [-0.3, -0.25) is 4.99 Å². The topological polar surface area (TPSA) is 56.7 Å². The first-order valence-corrected chi connectivity index (χ1v) is 8.52. The van der Waals surface area contributed by atoms with Crippen molar-refractivity contribution in [3.8, 4) is 5.75 Å². The van der Waals surface area contributed by atoms with E-state index in [0.29, 0.717) is 5.75 Å². The van der Waals surface area contributed by atoms with Gasteiger partial charge in [-0.05, 0) is 54.7 Å². The average Bonchev–Trinajstić information content (AvgIpc) is 2.58. The predicted molar refractivity (Wildman–Crippen MR) is 116 cm³/mol. The minimum atomic E-state index is 0. The molecule has 0 heterocycles. The fourth-order valence-electron chi connectivity index (χ4n) is 2.40. The molecule has 0 saturated heterocycles. The van der Waals surface area contributed by atoms with Gasteiger partial charge in [0.25, 0.3) is 0 Å². The second kappa shape index (κ2) is 12.0. The Morgan fingerprint density at radius 1 is 1.00 bits per heavy atom. The molecule has 0 radical (unpaired) electrons. The molecule has 0 saturated carbocycles. The first-order valence-electron chi connectivity index (χ1n) is 8.14. The number of hydrogen-bond acceptors (Lipinski definition) is 2. The molecular weight excluding hydrogens is 449 g/mol. The van der Waals surface area contributed by atoms with Crippen LogP contribution in [0.5, 0.6) is 5.75 Å². The van der Waals surface area contributed by atoms with Gasteiger partial charge in [0.15, 0.2) is 5.96 Å². The van der Waals surface area contributed by atoms with Crippen LogP contribution >= 0.6 is 35.6 Å². The first-order chi connectivity index (χ1) is 11.7. The van der Waals surface area contributed by atoms with Crippen LogP contribution in [0.4, 0.5) is 0 Å². The summed E-state index contributed by atoms with van der Waals surface area (Å²) in [6, 6.07) is 15.2. The Morgan fingerprint density at radius 2 is 1.72 bits per heavy atom. The highest BCUT2D eigenvalue weighted by Crippen LogP contribution is 2.11. The average molecular weight is 474 g/mol. The van der Waals surface area contributed by atoms with Gasteiger partial charge in [-0.1, -0.05) is 35.9 Å². The van der Waals surface area contributed by atoms with Crippen LogP contribution < -0.4 is 10.6 Å². The Bertz CT molecular complexity index is 662. The minimum Gasteiger partial charge on any atom is -0.508 e. The third kappa shape index (κ3) is 8.45. The van der Waals surface area contributed by atoms with Crippen LogP contribution in [0.1, 0.15) is 17.5 Å². The lowest BCUT2D eigenvalue weighted by atomic mass is 10.1. The van der Waals surface area contributed by atoms with E-state index in [1.54, 1.807) is 19.2 Å². The number of hydrogen-bond donors (Lipinski definition) is 3. The number of phenolic OH excluding ortho intramolecular Hbond substituents is 1. The van der Waals surface area contributed by atoms with Gasteiger partial charge in [0.05, 0.1) is 0 Å². The van der Waals surface area contributed by atoms with Crippen molar-refractivity contribution in [1.29, 1.82) is 0 Å². The SMILES string of the molecule is CN=C(NCCCc1ccc(O)cc1)NCCc1cccc(Cl)c1.I. The summed E-state index contributed by atoms with van der Waals surface area (Å²) in [6.07, 6.45) is 2.86. The predicted octanol–water partition coefficient (Wildman–Crippen LogP) is 4.00. The van der Waals surface area contributed by atoms with Crippen molar-refractivity contribution in [2.45, 2.75) is 19.3 Å². The zero-order chi connectivity index (χ0) is 17.2. The molecule has 4 nitrogen and oxygen atoms in total. The molecule has 0 aliphatic carbocycles. The van der Waals surface area contributed by atoms with Crippen molar-refractivity contribution >= 4 is 41.5 Å². The second-order valence-electron chi connectivity index (χ2n) is 5.58. The first kappa shape index (κ1) is 21.6. The molecule has 0 unspecified atom stereocenters. The van der Waals surface area contributed by atoms with Crippen molar-refractivity contribution in [2.24, 2.45) is 4.99 Å². The van der Waals surface area contributed by atoms with Crippen molar-refractivity contribution in [3.63, 3.8) is 0 Å². The van der Waals surface area contributed by atoms with E-state index < -0.39 is 0 Å². The van der Waals surface area contributed by atoms with Crippen LogP contribution in [0.15, 0.2) is 53.5 Å². The Hall–Kier alpha value is -1.47. The van der Waals surface area contributed by atoms with E-state index in [1.165, 1.54) is 11.1 Å². The summed E-state index contributed by atoms with van der Waals surface area (Å²) in [7, 11) is 1.77. The number of halogens is 2. The summed E-state index contributed by atoms with van der Waals surface area (Å²) in [5.74, 6) is 1.11. The Labute approximate surface area is 171 Å². The van der Waals surface area contributed by atoms with Gasteiger partial charge >= 0.3 is 0 Å². The van der Waals surface area contributed by atoms with E-state index in [-0.39, 0.29) is 24.0 Å². The van der Waals surface area contributed by atoms with Crippen LogP contribution in [0.3, 0.4) is 0 Å². The lowest BCUT2D eigenvalue weighted by Gasteiger charge is -2.12. The van der Waals surface area contributed by atoms with Crippen LogP contribution in [0.25, 0.3) is 0 Å². The third-order valence-electron chi connectivity index (χ3n) is 3.69. The molecule has 0 fully saturated rings. The lowest BCUT2D eigenvalue weighted by molar-refractivity contribution is 0.475. The van der Waals surface area contributed by atoms with Crippen LogP contribution in [0.2, 0.25) is 5.02 Å². The van der Waals surface area contributed by atoms with Crippen LogP contribution in [-0.2, 0) is 12.8 Å². The molecule has 0 spiro atoms. The minimum absolute atomic E-state index is 0. The monoisotopic (exact) mass is 473 g/mol. The molecule has 2 aromatic carbocycles. The third-order valence-corrected chi connectivity index (χ3v) is 3.92. The largest absolute Gasteiger partial charge is 0.508 e. The molecular formula is C19H25ClIN3O. The van der Waals surface area contributed by atoms with Crippen molar-refractivity contribution < 1.29 is 5.11 Å². The van der Waals surface area contributed by atoms with Gasteiger partial charge in [-0.2, -0.15) is 0 Å². The zero-order valence-electron chi connectivity index (χ0n) is 14.3. The second-order valence-corrected chi connectivity index (χ2v) is 6.01. The highest BCUT2D eigenvalue weighted by atomic mass is 127. The molecule has 2 aromatic rings. The Morgan fingerprint density at radius 3 is 2.40 bits per heavy atom. The molecule has 136 valence electrons. The quantitative estimate of drug-likeness (QED) is 0.247. The number of nitrogens with zero attached hydrogens (tertiary/aromatic N) is 1. The normalized spacial score (nSPS) is 10.9. The van der Waals surface area contributed by atoms with Gasteiger partial charge in [0.2, 0.25) is 0 Å². The summed E-state index contributed by atoms with van der Waals surface area (Å²) in [4.78, 5) is 4.23. The van der Waals surface area contributed by atoms with Crippen molar-refractivity contribution in [1.82, 2.24) is 10.6 Å². The van der Waals surface area contributed by atoms with Gasteiger partial charge in [-0.15, -0.1) is 24.0 Å². The number of guanidine groups is 1. The van der Waals surface area contributed by atoms with Gasteiger partial charge in [-0.25, -0.2) is 0 Å². The fraction of sp³-hybridized carbons (Fsp3) is 0.316. The van der Waals surface area contributed by atoms with E-state index in [0.717, 1.165) is 43.3 Å². The number of aliphatic imine (C=N–C) groups is 1. The molecule has 0 amide bonds. The Balaban J connectivity index is 0.00000312. The molecule has 25 heavy (non-hydrogen) atoms. The molecule has 6 heteroatoms. The maximum atomic E-state index is 9.27. The highest BCUT2D eigenvalue weighted by Gasteiger charge is 1.99. The van der Waals surface area contributed by atoms with E-state index in [9.17, 15) is 5.11 Å². The summed E-state index contributed by atoms with van der Waals surface area (Å²) < 4.78 is 0. The number of benzene rings is 2. The van der Waals surface area contributed by atoms with Crippen molar-refractivity contribution in [2.75, 3.05) is 20.1 Å². The Kier molecular flexibility index (Phi) is 10.3. The fourth-order valence-corrected chi connectivity index (χ4v) is 2.61. The van der Waals surface area contributed by atoms with Crippen molar-refractivity contribution in [3.05, 3.63) is 64.7 Å². The molecule has 0 aliphatic heterocycles. The van der Waals surface area contributed by atoms with Gasteiger partial charge < -0.3 is 15.7 Å². The lowest BCUT2D eigenvalue weighted by Crippen LogP contribution is -2.38.